The van der Waals surface area contributed by atoms with Crippen molar-refractivity contribution < 1.29 is 9.53 Å². The number of rotatable bonds is 7. The molecule has 0 aliphatic carbocycles. The van der Waals surface area contributed by atoms with Crippen LogP contribution in [0, 0.1) is 0 Å². The molecule has 0 heterocycles. The van der Waals surface area contributed by atoms with Crippen molar-refractivity contribution in [3.63, 3.8) is 0 Å². The number of ether oxygens (including phenoxy) is 1. The van der Waals surface area contributed by atoms with Gasteiger partial charge in [-0.15, -0.1) is 0 Å². The highest BCUT2D eigenvalue weighted by Gasteiger charge is 1.96. The Morgan fingerprint density at radius 2 is 2.07 bits per heavy atom. The summed E-state index contributed by atoms with van der Waals surface area (Å²) in [4.78, 5) is 11.0. The molecule has 0 bridgehead atoms. The van der Waals surface area contributed by atoms with Gasteiger partial charge in [0, 0.05) is 6.08 Å². The van der Waals surface area contributed by atoms with Gasteiger partial charge in [0.05, 0.1) is 6.61 Å². The summed E-state index contributed by atoms with van der Waals surface area (Å²) in [5.41, 5.74) is 0.971. The number of carbonyl (C=O) groups is 1. The number of hydrogen-bond donors (Lipinski definition) is 1. The van der Waals surface area contributed by atoms with Crippen LogP contribution in [0.5, 0.6) is 0 Å². The Morgan fingerprint density at radius 1 is 1.36 bits per heavy atom. The van der Waals surface area contributed by atoms with Crippen molar-refractivity contribution in [3.8, 4) is 0 Å². The summed E-state index contributed by atoms with van der Waals surface area (Å²) in [5.74, 6) is -0.236. The zero-order chi connectivity index (χ0) is 10.8. The van der Waals surface area contributed by atoms with E-state index in [9.17, 15) is 4.79 Å². The third-order valence-electron chi connectivity index (χ3n) is 1.58. The van der Waals surface area contributed by atoms with Gasteiger partial charge in [-0.2, -0.15) is 0 Å². The third kappa shape index (κ3) is 9.26. The molecule has 82 valence electrons. The highest BCUT2D eigenvalue weighted by molar-refractivity contribution is 5.82. The van der Waals surface area contributed by atoms with E-state index in [0.29, 0.717) is 6.61 Å². The Labute approximate surface area is 86.5 Å². The first-order valence-corrected chi connectivity index (χ1v) is 5.19. The summed E-state index contributed by atoms with van der Waals surface area (Å²) >= 11 is 0. The van der Waals surface area contributed by atoms with E-state index in [1.165, 1.54) is 6.08 Å². The number of esters is 1. The van der Waals surface area contributed by atoms with E-state index >= 15 is 0 Å². The van der Waals surface area contributed by atoms with Crippen molar-refractivity contribution in [3.05, 3.63) is 11.6 Å². The van der Waals surface area contributed by atoms with Crippen molar-refractivity contribution in [1.82, 2.24) is 5.32 Å². The van der Waals surface area contributed by atoms with Crippen LogP contribution < -0.4 is 5.32 Å². The van der Waals surface area contributed by atoms with E-state index in [1.807, 2.05) is 13.8 Å². The molecule has 0 saturated carbocycles. The molecule has 0 spiro atoms. The summed E-state index contributed by atoms with van der Waals surface area (Å²) < 4.78 is 4.98. The Kier molecular flexibility index (Phi) is 8.24. The fourth-order valence-corrected chi connectivity index (χ4v) is 0.949. The van der Waals surface area contributed by atoms with Gasteiger partial charge in [0.1, 0.15) is 0 Å². The molecule has 3 nitrogen and oxygen atoms in total. The summed E-state index contributed by atoms with van der Waals surface area (Å²) in [6.45, 7) is 8.33. The van der Waals surface area contributed by atoms with Crippen LogP contribution in [0.25, 0.3) is 0 Å². The highest BCUT2D eigenvalue weighted by Crippen LogP contribution is 1.91. The third-order valence-corrected chi connectivity index (χ3v) is 1.58. The van der Waals surface area contributed by atoms with Gasteiger partial charge < -0.3 is 10.1 Å². The molecule has 0 amide bonds. The molecule has 0 aromatic rings. The van der Waals surface area contributed by atoms with Crippen LogP contribution in [0.2, 0.25) is 0 Å². The van der Waals surface area contributed by atoms with E-state index in [2.05, 4.69) is 12.2 Å². The van der Waals surface area contributed by atoms with E-state index in [4.69, 9.17) is 4.74 Å². The van der Waals surface area contributed by atoms with Crippen molar-refractivity contribution in [1.29, 1.82) is 0 Å². The molecule has 0 aromatic heterocycles. The van der Waals surface area contributed by atoms with Gasteiger partial charge >= 0.3 is 5.97 Å². The molecule has 14 heavy (non-hydrogen) atoms. The molecule has 3 heteroatoms. The molecule has 1 N–H and O–H groups in total. The molecule has 0 fully saturated rings. The predicted octanol–water partition coefficient (Wildman–Crippen LogP) is 1.89. The SMILES string of the molecule is CCCNCCCOC(=O)C=C(C)C. The number of nitrogens with one attached hydrogen (secondary N) is 1. The maximum atomic E-state index is 11.0. The molecule has 0 atom stereocenters. The second-order valence-corrected chi connectivity index (χ2v) is 3.49. The van der Waals surface area contributed by atoms with Gasteiger partial charge in [0.15, 0.2) is 0 Å². The first-order chi connectivity index (χ1) is 6.66. The largest absolute Gasteiger partial charge is 0.462 e. The highest BCUT2D eigenvalue weighted by atomic mass is 16.5. The molecule has 0 aromatic carbocycles. The number of allylic oxidation sites excluding steroid dienone is 1. The minimum atomic E-state index is -0.236. The van der Waals surface area contributed by atoms with Crippen LogP contribution in [-0.4, -0.2) is 25.7 Å². The predicted molar refractivity (Wildman–Crippen MR) is 58.2 cm³/mol. The Morgan fingerprint density at radius 3 is 2.64 bits per heavy atom. The lowest BCUT2D eigenvalue weighted by atomic mass is 10.3. The standard InChI is InChI=1S/C11H21NO2/c1-4-6-12-7-5-8-14-11(13)9-10(2)3/h9,12H,4-8H2,1-3H3. The molecular formula is C11H21NO2. The van der Waals surface area contributed by atoms with Gasteiger partial charge in [-0.05, 0) is 39.8 Å². The van der Waals surface area contributed by atoms with Crippen LogP contribution in [0.15, 0.2) is 11.6 Å². The van der Waals surface area contributed by atoms with Crippen LogP contribution in [-0.2, 0) is 9.53 Å². The summed E-state index contributed by atoms with van der Waals surface area (Å²) in [7, 11) is 0. The van der Waals surface area contributed by atoms with Crippen molar-refractivity contribution in [2.24, 2.45) is 0 Å². The van der Waals surface area contributed by atoms with Crippen LogP contribution in [0.1, 0.15) is 33.6 Å². The van der Waals surface area contributed by atoms with Crippen LogP contribution >= 0.6 is 0 Å². The minimum absolute atomic E-state index is 0.236. The Balaban J connectivity index is 3.28. The summed E-state index contributed by atoms with van der Waals surface area (Å²) in [5, 5.41) is 3.24. The fourth-order valence-electron chi connectivity index (χ4n) is 0.949. The maximum Gasteiger partial charge on any atom is 0.330 e. The molecular weight excluding hydrogens is 178 g/mol. The lowest BCUT2D eigenvalue weighted by molar-refractivity contribution is -0.137. The molecule has 0 saturated heterocycles. The van der Waals surface area contributed by atoms with E-state index < -0.39 is 0 Å². The van der Waals surface area contributed by atoms with Crippen LogP contribution in [0.4, 0.5) is 0 Å². The first-order valence-electron chi connectivity index (χ1n) is 5.19. The van der Waals surface area contributed by atoms with Gasteiger partial charge in [-0.1, -0.05) is 12.5 Å². The smallest absolute Gasteiger partial charge is 0.330 e. The van der Waals surface area contributed by atoms with Gasteiger partial charge in [0.2, 0.25) is 0 Å². The number of hydrogen-bond acceptors (Lipinski definition) is 3. The number of carbonyl (C=O) groups excluding carboxylic acids is 1. The zero-order valence-electron chi connectivity index (χ0n) is 9.43. The van der Waals surface area contributed by atoms with Gasteiger partial charge in [-0.25, -0.2) is 4.79 Å². The molecule has 0 aliphatic rings. The van der Waals surface area contributed by atoms with Crippen molar-refractivity contribution in [2.45, 2.75) is 33.6 Å². The van der Waals surface area contributed by atoms with E-state index in [-0.39, 0.29) is 5.97 Å². The normalized spacial score (nSPS) is 9.64. The fraction of sp³-hybridized carbons (Fsp3) is 0.727. The summed E-state index contributed by atoms with van der Waals surface area (Å²) in [6, 6.07) is 0. The van der Waals surface area contributed by atoms with Crippen LogP contribution in [0.3, 0.4) is 0 Å². The summed E-state index contributed by atoms with van der Waals surface area (Å²) in [6.07, 6.45) is 3.53. The van der Waals surface area contributed by atoms with Gasteiger partial charge in [-0.3, -0.25) is 0 Å². The maximum absolute atomic E-state index is 11.0. The average molecular weight is 199 g/mol. The molecule has 0 unspecified atom stereocenters. The first kappa shape index (κ1) is 13.2. The Hall–Kier alpha value is -0.830. The van der Waals surface area contributed by atoms with Crippen molar-refractivity contribution >= 4 is 5.97 Å². The monoisotopic (exact) mass is 199 g/mol. The zero-order valence-corrected chi connectivity index (χ0v) is 9.43. The molecule has 0 rings (SSSR count). The molecule has 0 radical (unpaired) electrons. The second-order valence-electron chi connectivity index (χ2n) is 3.49. The van der Waals surface area contributed by atoms with Crippen molar-refractivity contribution in [2.75, 3.05) is 19.7 Å². The lowest BCUT2D eigenvalue weighted by Gasteiger charge is -2.03. The average Bonchev–Trinajstić information content (AvgIpc) is 2.10. The lowest BCUT2D eigenvalue weighted by Crippen LogP contribution is -2.18. The quantitative estimate of drug-likeness (QED) is 0.386. The van der Waals surface area contributed by atoms with Gasteiger partial charge in [0.25, 0.3) is 0 Å². The van der Waals surface area contributed by atoms with E-state index in [1.54, 1.807) is 0 Å². The molecule has 0 aliphatic heterocycles. The van der Waals surface area contributed by atoms with E-state index in [0.717, 1.165) is 31.5 Å². The minimum Gasteiger partial charge on any atom is -0.462 e. The topological polar surface area (TPSA) is 38.3 Å². The second kappa shape index (κ2) is 8.75. The Bertz CT molecular complexity index is 184.